The molecule has 11 heavy (non-hydrogen) atoms. The molecular weight excluding hydrogens is 166 g/mol. The fourth-order valence-corrected chi connectivity index (χ4v) is 0.734. The number of hydrogen-bond acceptors (Lipinski definition) is 3. The Kier molecular flexibility index (Phi) is 2.24. The van der Waals surface area contributed by atoms with E-state index in [0.29, 0.717) is 5.75 Å². The van der Waals surface area contributed by atoms with Crippen LogP contribution in [0.3, 0.4) is 0 Å². The summed E-state index contributed by atoms with van der Waals surface area (Å²) in [4.78, 5) is 10.3. The van der Waals surface area contributed by atoms with Gasteiger partial charge in [0.1, 0.15) is 6.20 Å². The van der Waals surface area contributed by atoms with E-state index in [1.807, 2.05) is 0 Å². The summed E-state index contributed by atoms with van der Waals surface area (Å²) in [5.41, 5.74) is 0. The SMILES string of the molecule is [C-]#[N+]c1ncc(OC)c(Cl)n1. The largest absolute Gasteiger partial charge is 0.490 e. The molecule has 0 N–H and O–H groups in total. The lowest BCUT2D eigenvalue weighted by Gasteiger charge is -1.96. The van der Waals surface area contributed by atoms with Crippen molar-refractivity contribution in [3.05, 3.63) is 22.8 Å². The Balaban J connectivity index is 3.12. The predicted molar refractivity (Wildman–Crippen MR) is 39.9 cm³/mol. The van der Waals surface area contributed by atoms with E-state index in [1.54, 1.807) is 0 Å². The van der Waals surface area contributed by atoms with Crippen LogP contribution in [-0.4, -0.2) is 17.1 Å². The summed E-state index contributed by atoms with van der Waals surface area (Å²) in [6, 6.07) is 0. The van der Waals surface area contributed by atoms with Crippen LogP contribution in [0.2, 0.25) is 5.15 Å². The average Bonchev–Trinajstić information content (AvgIpc) is 2.04. The normalized spacial score (nSPS) is 8.82. The standard InChI is InChI=1S/C6H4ClN3O/c1-8-6-9-3-4(11-2)5(7)10-6/h3H,2H3. The van der Waals surface area contributed by atoms with Gasteiger partial charge in [0.05, 0.1) is 7.11 Å². The third-order valence-corrected chi connectivity index (χ3v) is 1.29. The molecule has 0 unspecified atom stereocenters. The molecule has 0 aromatic carbocycles. The molecule has 5 heteroatoms. The van der Waals surface area contributed by atoms with Gasteiger partial charge >= 0.3 is 5.95 Å². The van der Waals surface area contributed by atoms with Crippen LogP contribution in [-0.2, 0) is 0 Å². The second-order valence-corrected chi connectivity index (χ2v) is 2.00. The Hall–Kier alpha value is -1.34. The Morgan fingerprint density at radius 2 is 2.45 bits per heavy atom. The van der Waals surface area contributed by atoms with Gasteiger partial charge in [0, 0.05) is 0 Å². The van der Waals surface area contributed by atoms with Crippen LogP contribution < -0.4 is 4.74 Å². The maximum atomic E-state index is 6.57. The van der Waals surface area contributed by atoms with Gasteiger partial charge in [-0.3, -0.25) is 0 Å². The van der Waals surface area contributed by atoms with Crippen molar-refractivity contribution in [3.8, 4) is 5.75 Å². The molecule has 1 aromatic heterocycles. The monoisotopic (exact) mass is 169 g/mol. The van der Waals surface area contributed by atoms with Crippen molar-refractivity contribution in [2.75, 3.05) is 7.11 Å². The number of hydrogen-bond donors (Lipinski definition) is 0. The Bertz CT molecular complexity index is 307. The molecule has 1 heterocycles. The van der Waals surface area contributed by atoms with Crippen LogP contribution in [0.25, 0.3) is 4.85 Å². The quantitative estimate of drug-likeness (QED) is 0.475. The summed E-state index contributed by atoms with van der Waals surface area (Å²) in [6.45, 7) is 6.57. The van der Waals surface area contributed by atoms with Gasteiger partial charge in [-0.25, -0.2) is 0 Å². The molecule has 0 radical (unpaired) electrons. The van der Waals surface area contributed by atoms with Crippen LogP contribution >= 0.6 is 11.6 Å². The summed E-state index contributed by atoms with van der Waals surface area (Å²) in [6.07, 6.45) is 1.36. The minimum atomic E-state index is 0.0239. The van der Waals surface area contributed by atoms with Crippen molar-refractivity contribution in [2.45, 2.75) is 0 Å². The smallest absolute Gasteiger partial charge is 0.373 e. The van der Waals surface area contributed by atoms with Crippen molar-refractivity contribution in [2.24, 2.45) is 0 Å². The van der Waals surface area contributed by atoms with Crippen LogP contribution in [0.4, 0.5) is 5.95 Å². The Morgan fingerprint density at radius 1 is 1.73 bits per heavy atom. The molecule has 0 atom stereocenters. The van der Waals surface area contributed by atoms with E-state index in [1.165, 1.54) is 13.3 Å². The molecule has 56 valence electrons. The molecular formula is C6H4ClN3O. The Morgan fingerprint density at radius 3 is 2.91 bits per heavy atom. The highest BCUT2D eigenvalue weighted by atomic mass is 35.5. The lowest BCUT2D eigenvalue weighted by Crippen LogP contribution is -1.88. The van der Waals surface area contributed by atoms with E-state index in [4.69, 9.17) is 22.9 Å². The highest BCUT2D eigenvalue weighted by molar-refractivity contribution is 6.30. The van der Waals surface area contributed by atoms with Crippen LogP contribution in [0.15, 0.2) is 6.20 Å². The van der Waals surface area contributed by atoms with E-state index in [0.717, 1.165) is 0 Å². The molecule has 0 aliphatic carbocycles. The molecule has 0 amide bonds. The zero-order valence-electron chi connectivity index (χ0n) is 5.71. The highest BCUT2D eigenvalue weighted by Crippen LogP contribution is 2.21. The summed E-state index contributed by atoms with van der Waals surface area (Å²) in [7, 11) is 1.46. The fraction of sp³-hybridized carbons (Fsp3) is 0.167. The zero-order chi connectivity index (χ0) is 8.27. The number of rotatable bonds is 1. The van der Waals surface area contributed by atoms with Gasteiger partial charge in [-0.15, -0.1) is 11.6 Å². The topological polar surface area (TPSA) is 39.4 Å². The number of aromatic nitrogens is 2. The molecule has 1 rings (SSSR count). The third kappa shape index (κ3) is 1.57. The molecule has 0 fully saturated rings. The number of methoxy groups -OCH3 is 1. The van der Waals surface area contributed by atoms with Crippen molar-refractivity contribution < 1.29 is 4.74 Å². The van der Waals surface area contributed by atoms with Crippen molar-refractivity contribution in [3.63, 3.8) is 0 Å². The van der Waals surface area contributed by atoms with Gasteiger partial charge in [-0.2, -0.15) is 4.98 Å². The molecule has 0 saturated carbocycles. The van der Waals surface area contributed by atoms with Gasteiger partial charge in [-0.05, 0) is 11.6 Å². The van der Waals surface area contributed by atoms with E-state index >= 15 is 0 Å². The van der Waals surface area contributed by atoms with Gasteiger partial charge in [0.2, 0.25) is 10.9 Å². The highest BCUT2D eigenvalue weighted by Gasteiger charge is 2.06. The second-order valence-electron chi connectivity index (χ2n) is 1.64. The first kappa shape index (κ1) is 7.76. The summed E-state index contributed by atoms with van der Waals surface area (Å²) < 4.78 is 4.78. The van der Waals surface area contributed by atoms with E-state index in [2.05, 4.69) is 14.8 Å². The molecule has 0 bridgehead atoms. The molecule has 0 spiro atoms. The summed E-state index contributed by atoms with van der Waals surface area (Å²) in [5.74, 6) is 0.398. The van der Waals surface area contributed by atoms with Crippen molar-refractivity contribution >= 4 is 17.5 Å². The molecule has 4 nitrogen and oxygen atoms in total. The second kappa shape index (κ2) is 3.17. The van der Waals surface area contributed by atoms with Crippen LogP contribution in [0.5, 0.6) is 5.75 Å². The van der Waals surface area contributed by atoms with Crippen molar-refractivity contribution in [1.82, 2.24) is 9.97 Å². The fourth-order valence-electron chi connectivity index (χ4n) is 0.532. The molecule has 0 aliphatic rings. The molecule has 1 aromatic rings. The maximum Gasteiger partial charge on any atom is 0.373 e. The first-order valence-electron chi connectivity index (χ1n) is 2.72. The van der Waals surface area contributed by atoms with Crippen molar-refractivity contribution in [1.29, 1.82) is 0 Å². The predicted octanol–water partition coefficient (Wildman–Crippen LogP) is 1.69. The Labute approximate surface area is 68.6 Å². The first-order chi connectivity index (χ1) is 5.27. The number of halogens is 1. The van der Waals surface area contributed by atoms with E-state index in [9.17, 15) is 0 Å². The first-order valence-corrected chi connectivity index (χ1v) is 3.09. The van der Waals surface area contributed by atoms with E-state index < -0.39 is 0 Å². The van der Waals surface area contributed by atoms with Gasteiger partial charge < -0.3 is 9.58 Å². The minimum absolute atomic E-state index is 0.0239. The van der Waals surface area contributed by atoms with E-state index in [-0.39, 0.29) is 11.1 Å². The van der Waals surface area contributed by atoms with Gasteiger partial charge in [0.25, 0.3) is 0 Å². The average molecular weight is 170 g/mol. The van der Waals surface area contributed by atoms with Crippen LogP contribution in [0.1, 0.15) is 0 Å². The summed E-state index contributed by atoms with van der Waals surface area (Å²) >= 11 is 5.59. The number of nitrogens with zero attached hydrogens (tertiary/aromatic N) is 3. The van der Waals surface area contributed by atoms with Gasteiger partial charge in [0.15, 0.2) is 0 Å². The minimum Gasteiger partial charge on any atom is -0.490 e. The van der Waals surface area contributed by atoms with Crippen LogP contribution in [0, 0.1) is 6.57 Å². The maximum absolute atomic E-state index is 6.57. The zero-order valence-corrected chi connectivity index (χ0v) is 6.46. The molecule has 0 aliphatic heterocycles. The number of ether oxygens (including phenoxy) is 1. The lowest BCUT2D eigenvalue weighted by atomic mass is 10.6. The molecule has 0 saturated heterocycles. The lowest BCUT2D eigenvalue weighted by molar-refractivity contribution is 0.411. The van der Waals surface area contributed by atoms with Gasteiger partial charge in [-0.1, -0.05) is 0 Å². The third-order valence-electron chi connectivity index (χ3n) is 1.02. The summed E-state index contributed by atoms with van der Waals surface area (Å²) in [5, 5.41) is 0.161.